The smallest absolute Gasteiger partial charge is 0.331 e. The standard InChI is InChI=1S/C18H16O4/c1-13-3-2-4-15(9-13)11-20-18(19)8-6-14-5-7-16-17(10-14)22-12-21-16/h2-10H,11-12H2,1H3/b8-6+. The van der Waals surface area contributed by atoms with Crippen LogP contribution in [0.1, 0.15) is 16.7 Å². The van der Waals surface area contributed by atoms with Crippen LogP contribution in [0.15, 0.2) is 48.5 Å². The summed E-state index contributed by atoms with van der Waals surface area (Å²) >= 11 is 0. The highest BCUT2D eigenvalue weighted by molar-refractivity contribution is 5.87. The van der Waals surface area contributed by atoms with Crippen LogP contribution in [-0.2, 0) is 16.1 Å². The number of carbonyl (C=O) groups is 1. The maximum absolute atomic E-state index is 11.7. The summed E-state index contributed by atoms with van der Waals surface area (Å²) in [6.45, 7) is 2.51. The van der Waals surface area contributed by atoms with Crippen LogP contribution in [0.2, 0.25) is 0 Å². The second-order valence-corrected chi connectivity index (χ2v) is 5.04. The van der Waals surface area contributed by atoms with Crippen molar-refractivity contribution in [3.05, 3.63) is 65.2 Å². The van der Waals surface area contributed by atoms with Gasteiger partial charge in [-0.15, -0.1) is 0 Å². The van der Waals surface area contributed by atoms with E-state index < -0.39 is 0 Å². The second-order valence-electron chi connectivity index (χ2n) is 5.04. The molecule has 112 valence electrons. The molecule has 2 aromatic rings. The SMILES string of the molecule is Cc1cccc(COC(=O)/C=C/c2ccc3c(c2)OCO3)c1. The van der Waals surface area contributed by atoms with Crippen LogP contribution in [0.5, 0.6) is 11.5 Å². The minimum atomic E-state index is -0.376. The predicted octanol–water partition coefficient (Wildman–Crippen LogP) is 3.48. The first kappa shape index (κ1) is 14.2. The lowest BCUT2D eigenvalue weighted by Gasteiger charge is -2.03. The van der Waals surface area contributed by atoms with Gasteiger partial charge in [0.25, 0.3) is 0 Å². The molecule has 0 atom stereocenters. The van der Waals surface area contributed by atoms with Crippen molar-refractivity contribution in [1.82, 2.24) is 0 Å². The fraction of sp³-hybridized carbons (Fsp3) is 0.167. The van der Waals surface area contributed by atoms with Crippen molar-refractivity contribution in [3.8, 4) is 11.5 Å². The molecule has 0 unspecified atom stereocenters. The molecule has 4 heteroatoms. The van der Waals surface area contributed by atoms with Crippen molar-refractivity contribution in [2.45, 2.75) is 13.5 Å². The number of carbonyl (C=O) groups excluding carboxylic acids is 1. The molecule has 2 aromatic carbocycles. The lowest BCUT2D eigenvalue weighted by molar-refractivity contribution is -0.138. The number of aryl methyl sites for hydroxylation is 1. The van der Waals surface area contributed by atoms with Gasteiger partial charge in [-0.05, 0) is 36.3 Å². The van der Waals surface area contributed by atoms with Gasteiger partial charge in [0.05, 0.1) is 0 Å². The number of ether oxygens (including phenoxy) is 3. The summed E-state index contributed by atoms with van der Waals surface area (Å²) in [5.74, 6) is 1.04. The molecule has 1 aliphatic rings. The highest BCUT2D eigenvalue weighted by Gasteiger charge is 2.12. The van der Waals surface area contributed by atoms with Crippen LogP contribution >= 0.6 is 0 Å². The Balaban J connectivity index is 1.57. The van der Waals surface area contributed by atoms with Crippen molar-refractivity contribution in [1.29, 1.82) is 0 Å². The third-order valence-electron chi connectivity index (χ3n) is 3.27. The van der Waals surface area contributed by atoms with E-state index in [0.29, 0.717) is 5.75 Å². The summed E-state index contributed by atoms with van der Waals surface area (Å²) in [5.41, 5.74) is 2.98. The van der Waals surface area contributed by atoms with E-state index in [0.717, 1.165) is 22.4 Å². The van der Waals surface area contributed by atoms with Gasteiger partial charge in [-0.25, -0.2) is 4.79 Å². The topological polar surface area (TPSA) is 44.8 Å². The minimum Gasteiger partial charge on any atom is -0.458 e. The predicted molar refractivity (Wildman–Crippen MR) is 82.6 cm³/mol. The molecule has 0 saturated carbocycles. The Labute approximate surface area is 128 Å². The Kier molecular flexibility index (Phi) is 4.10. The minimum absolute atomic E-state index is 0.237. The largest absolute Gasteiger partial charge is 0.458 e. The van der Waals surface area contributed by atoms with E-state index in [9.17, 15) is 4.79 Å². The fourth-order valence-corrected chi connectivity index (χ4v) is 2.19. The van der Waals surface area contributed by atoms with Crippen molar-refractivity contribution in [2.75, 3.05) is 6.79 Å². The Bertz CT molecular complexity index is 719. The normalized spacial score (nSPS) is 12.6. The second kappa shape index (κ2) is 6.35. The van der Waals surface area contributed by atoms with Crippen molar-refractivity contribution >= 4 is 12.0 Å². The molecule has 0 fully saturated rings. The third kappa shape index (κ3) is 3.47. The third-order valence-corrected chi connectivity index (χ3v) is 3.27. The molecule has 4 nitrogen and oxygen atoms in total. The van der Waals surface area contributed by atoms with E-state index in [1.54, 1.807) is 6.08 Å². The van der Waals surface area contributed by atoms with Crippen LogP contribution in [0.25, 0.3) is 6.08 Å². The summed E-state index contributed by atoms with van der Waals surface area (Å²) in [4.78, 5) is 11.7. The van der Waals surface area contributed by atoms with Gasteiger partial charge in [-0.1, -0.05) is 35.9 Å². The molecule has 0 saturated heterocycles. The molecule has 0 N–H and O–H groups in total. The molecule has 3 rings (SSSR count). The molecule has 0 aromatic heterocycles. The van der Waals surface area contributed by atoms with Gasteiger partial charge in [-0.2, -0.15) is 0 Å². The first-order valence-electron chi connectivity index (χ1n) is 7.01. The molecule has 0 bridgehead atoms. The number of hydrogen-bond acceptors (Lipinski definition) is 4. The highest BCUT2D eigenvalue weighted by Crippen LogP contribution is 2.32. The van der Waals surface area contributed by atoms with Crippen molar-refractivity contribution in [3.63, 3.8) is 0 Å². The number of fused-ring (bicyclic) bond motifs is 1. The Morgan fingerprint density at radius 3 is 2.91 bits per heavy atom. The Morgan fingerprint density at radius 1 is 1.18 bits per heavy atom. The van der Waals surface area contributed by atoms with Crippen LogP contribution < -0.4 is 9.47 Å². The zero-order valence-electron chi connectivity index (χ0n) is 12.2. The summed E-state index contributed by atoms with van der Waals surface area (Å²) in [7, 11) is 0. The van der Waals surface area contributed by atoms with Gasteiger partial charge >= 0.3 is 5.97 Å². The van der Waals surface area contributed by atoms with Gasteiger partial charge in [0, 0.05) is 6.08 Å². The monoisotopic (exact) mass is 296 g/mol. The highest BCUT2D eigenvalue weighted by atomic mass is 16.7. The fourth-order valence-electron chi connectivity index (χ4n) is 2.19. The van der Waals surface area contributed by atoms with Crippen LogP contribution in [-0.4, -0.2) is 12.8 Å². The van der Waals surface area contributed by atoms with E-state index in [-0.39, 0.29) is 19.4 Å². The molecule has 22 heavy (non-hydrogen) atoms. The molecule has 0 radical (unpaired) electrons. The molecule has 0 amide bonds. The lowest BCUT2D eigenvalue weighted by Crippen LogP contribution is -2.00. The Hall–Kier alpha value is -2.75. The number of rotatable bonds is 4. The van der Waals surface area contributed by atoms with E-state index in [4.69, 9.17) is 14.2 Å². The first-order valence-corrected chi connectivity index (χ1v) is 7.01. The number of esters is 1. The van der Waals surface area contributed by atoms with Crippen molar-refractivity contribution < 1.29 is 19.0 Å². The quantitative estimate of drug-likeness (QED) is 0.640. The van der Waals surface area contributed by atoms with Crippen LogP contribution in [0.3, 0.4) is 0 Å². The van der Waals surface area contributed by atoms with Gasteiger partial charge in [0.15, 0.2) is 11.5 Å². The maximum Gasteiger partial charge on any atom is 0.331 e. The number of benzene rings is 2. The summed E-state index contributed by atoms with van der Waals surface area (Å²) in [6.07, 6.45) is 3.11. The van der Waals surface area contributed by atoms with Gasteiger partial charge in [0.1, 0.15) is 6.61 Å². The molecule has 1 aliphatic heterocycles. The van der Waals surface area contributed by atoms with E-state index in [1.807, 2.05) is 49.4 Å². The number of hydrogen-bond donors (Lipinski definition) is 0. The van der Waals surface area contributed by atoms with Crippen LogP contribution in [0.4, 0.5) is 0 Å². The van der Waals surface area contributed by atoms with Gasteiger partial charge < -0.3 is 14.2 Å². The average Bonchev–Trinajstić information content (AvgIpc) is 2.98. The zero-order chi connectivity index (χ0) is 15.4. The summed E-state index contributed by atoms with van der Waals surface area (Å²) in [6, 6.07) is 13.4. The van der Waals surface area contributed by atoms with E-state index in [1.165, 1.54) is 6.08 Å². The molecular weight excluding hydrogens is 280 g/mol. The lowest BCUT2D eigenvalue weighted by atomic mass is 10.1. The van der Waals surface area contributed by atoms with Gasteiger partial charge in [0.2, 0.25) is 6.79 Å². The Morgan fingerprint density at radius 2 is 2.05 bits per heavy atom. The molecular formula is C18H16O4. The van der Waals surface area contributed by atoms with Crippen LogP contribution in [0, 0.1) is 6.92 Å². The van der Waals surface area contributed by atoms with E-state index >= 15 is 0 Å². The molecule has 0 aliphatic carbocycles. The van der Waals surface area contributed by atoms with Crippen molar-refractivity contribution in [2.24, 2.45) is 0 Å². The maximum atomic E-state index is 11.7. The molecule has 0 spiro atoms. The summed E-state index contributed by atoms with van der Waals surface area (Å²) < 4.78 is 15.7. The summed E-state index contributed by atoms with van der Waals surface area (Å²) in [5, 5.41) is 0. The first-order chi connectivity index (χ1) is 10.7. The average molecular weight is 296 g/mol. The van der Waals surface area contributed by atoms with Gasteiger partial charge in [-0.3, -0.25) is 0 Å². The zero-order valence-corrected chi connectivity index (χ0v) is 12.2. The molecule has 1 heterocycles. The van der Waals surface area contributed by atoms with E-state index in [2.05, 4.69) is 0 Å².